The molecule has 3 rings (SSSR count). The normalized spacial score (nSPS) is 20.5. The molecule has 1 saturated carbocycles. The Labute approximate surface area is 152 Å². The SMILES string of the molecule is CC(C)Cc1nc(-c2cc(O)cc(C(=O)O)c2)n([C@@H]2CCCC[C@H]2O)n1. The van der Waals surface area contributed by atoms with Crippen molar-refractivity contribution in [3.63, 3.8) is 0 Å². The standard InChI is InChI=1S/C19H25N3O4/c1-11(2)7-17-20-18(12-8-13(19(25)26)10-14(23)9-12)22(21-17)15-5-3-4-6-16(15)24/h8-11,15-16,23-24H,3-7H2,1-2H3,(H,25,26)/t15-,16-/m1/s1. The molecule has 3 N–H and O–H groups in total. The van der Waals surface area contributed by atoms with Crippen molar-refractivity contribution in [2.24, 2.45) is 5.92 Å². The van der Waals surface area contributed by atoms with Gasteiger partial charge in [0.25, 0.3) is 0 Å². The lowest BCUT2D eigenvalue weighted by molar-refractivity contribution is 0.0691. The number of hydrogen-bond donors (Lipinski definition) is 3. The second-order valence-corrected chi connectivity index (χ2v) is 7.39. The van der Waals surface area contributed by atoms with Crippen LogP contribution in [0.25, 0.3) is 11.4 Å². The van der Waals surface area contributed by atoms with E-state index in [1.54, 1.807) is 4.68 Å². The van der Waals surface area contributed by atoms with Crippen LogP contribution in [0.2, 0.25) is 0 Å². The summed E-state index contributed by atoms with van der Waals surface area (Å²) in [6.45, 7) is 4.15. The first-order valence-corrected chi connectivity index (χ1v) is 9.06. The fraction of sp³-hybridized carbons (Fsp3) is 0.526. The topological polar surface area (TPSA) is 108 Å². The van der Waals surface area contributed by atoms with Crippen LogP contribution in [0.4, 0.5) is 0 Å². The van der Waals surface area contributed by atoms with Gasteiger partial charge in [-0.15, -0.1) is 0 Å². The van der Waals surface area contributed by atoms with Crippen molar-refractivity contribution < 1.29 is 20.1 Å². The predicted octanol–water partition coefficient (Wildman–Crippen LogP) is 3.02. The van der Waals surface area contributed by atoms with E-state index in [1.807, 2.05) is 0 Å². The Kier molecular flexibility index (Phi) is 5.27. The molecule has 26 heavy (non-hydrogen) atoms. The molecule has 140 valence electrons. The Bertz CT molecular complexity index is 800. The largest absolute Gasteiger partial charge is 0.508 e. The zero-order valence-corrected chi connectivity index (χ0v) is 15.1. The Hall–Kier alpha value is -2.41. The zero-order chi connectivity index (χ0) is 18.8. The summed E-state index contributed by atoms with van der Waals surface area (Å²) in [6, 6.07) is 3.98. The number of nitrogens with zero attached hydrogens (tertiary/aromatic N) is 3. The van der Waals surface area contributed by atoms with Crippen LogP contribution >= 0.6 is 0 Å². The van der Waals surface area contributed by atoms with E-state index in [0.29, 0.717) is 36.0 Å². The number of aromatic nitrogens is 3. The minimum atomic E-state index is -1.12. The smallest absolute Gasteiger partial charge is 0.335 e. The lowest BCUT2D eigenvalue weighted by Gasteiger charge is -2.28. The quantitative estimate of drug-likeness (QED) is 0.757. The molecule has 0 amide bonds. The highest BCUT2D eigenvalue weighted by molar-refractivity contribution is 5.89. The molecule has 0 saturated heterocycles. The molecule has 1 aliphatic carbocycles. The van der Waals surface area contributed by atoms with Crippen LogP contribution in [0.3, 0.4) is 0 Å². The molecule has 1 aromatic heterocycles. The number of aliphatic hydroxyl groups is 1. The molecule has 1 fully saturated rings. The molecule has 0 bridgehead atoms. The summed E-state index contributed by atoms with van der Waals surface area (Å²) in [5.41, 5.74) is 0.479. The van der Waals surface area contributed by atoms with Gasteiger partial charge in [0.2, 0.25) is 0 Å². The van der Waals surface area contributed by atoms with Crippen molar-refractivity contribution in [3.05, 3.63) is 29.6 Å². The minimum absolute atomic E-state index is 0.0100. The van der Waals surface area contributed by atoms with Crippen LogP contribution in [0.1, 0.15) is 61.8 Å². The fourth-order valence-electron chi connectivity index (χ4n) is 3.49. The number of aromatic hydroxyl groups is 1. The van der Waals surface area contributed by atoms with E-state index in [4.69, 9.17) is 0 Å². The van der Waals surface area contributed by atoms with Crippen molar-refractivity contribution >= 4 is 5.97 Å². The molecule has 1 aliphatic rings. The average Bonchev–Trinajstić information content (AvgIpc) is 2.97. The molecule has 1 aromatic carbocycles. The summed E-state index contributed by atoms with van der Waals surface area (Å²) in [5, 5.41) is 34.3. The van der Waals surface area contributed by atoms with E-state index in [9.17, 15) is 20.1 Å². The molecule has 0 unspecified atom stereocenters. The molecule has 2 atom stereocenters. The highest BCUT2D eigenvalue weighted by Crippen LogP contribution is 2.33. The number of carboxylic acids is 1. The summed E-state index contributed by atoms with van der Waals surface area (Å²) < 4.78 is 1.72. The van der Waals surface area contributed by atoms with Gasteiger partial charge in [0.1, 0.15) is 5.75 Å². The number of phenols is 1. The van der Waals surface area contributed by atoms with Crippen molar-refractivity contribution in [3.8, 4) is 17.1 Å². The summed E-state index contributed by atoms with van der Waals surface area (Å²) in [5.74, 6) is 0.268. The van der Waals surface area contributed by atoms with Crippen molar-refractivity contribution in [1.29, 1.82) is 0 Å². The monoisotopic (exact) mass is 359 g/mol. The van der Waals surface area contributed by atoms with E-state index < -0.39 is 12.1 Å². The predicted molar refractivity (Wildman–Crippen MR) is 96.1 cm³/mol. The molecule has 7 nitrogen and oxygen atoms in total. The van der Waals surface area contributed by atoms with E-state index in [1.165, 1.54) is 18.2 Å². The second-order valence-electron chi connectivity index (χ2n) is 7.39. The molecule has 7 heteroatoms. The van der Waals surface area contributed by atoms with Crippen LogP contribution in [-0.2, 0) is 6.42 Å². The average molecular weight is 359 g/mol. The minimum Gasteiger partial charge on any atom is -0.508 e. The molecule has 0 aliphatic heterocycles. The lowest BCUT2D eigenvalue weighted by atomic mass is 9.92. The van der Waals surface area contributed by atoms with Gasteiger partial charge >= 0.3 is 5.97 Å². The summed E-state index contributed by atoms with van der Waals surface area (Å²) in [6.07, 6.45) is 3.67. The fourth-order valence-corrected chi connectivity index (χ4v) is 3.49. The maximum absolute atomic E-state index is 11.3. The first-order chi connectivity index (χ1) is 12.3. The first-order valence-electron chi connectivity index (χ1n) is 9.06. The molecular weight excluding hydrogens is 334 g/mol. The summed E-state index contributed by atoms with van der Waals surface area (Å²) in [4.78, 5) is 15.9. The summed E-state index contributed by atoms with van der Waals surface area (Å²) >= 11 is 0. The van der Waals surface area contributed by atoms with E-state index in [2.05, 4.69) is 23.9 Å². The van der Waals surface area contributed by atoms with Gasteiger partial charge in [-0.2, -0.15) is 5.10 Å². The molecule has 0 spiro atoms. The zero-order valence-electron chi connectivity index (χ0n) is 15.1. The van der Waals surface area contributed by atoms with E-state index >= 15 is 0 Å². The van der Waals surface area contributed by atoms with Crippen molar-refractivity contribution in [2.45, 2.75) is 58.1 Å². The van der Waals surface area contributed by atoms with Gasteiger partial charge < -0.3 is 15.3 Å². The van der Waals surface area contributed by atoms with Crippen molar-refractivity contribution in [1.82, 2.24) is 14.8 Å². The number of aliphatic hydroxyl groups excluding tert-OH is 1. The Balaban J connectivity index is 2.10. The summed E-state index contributed by atoms with van der Waals surface area (Å²) in [7, 11) is 0. The maximum Gasteiger partial charge on any atom is 0.335 e. The number of phenolic OH excluding ortho intramolecular Hbond substituents is 1. The van der Waals surface area contributed by atoms with Crippen LogP contribution in [-0.4, -0.2) is 42.2 Å². The number of carbonyl (C=O) groups is 1. The third-order valence-corrected chi connectivity index (χ3v) is 4.70. The number of carboxylic acid groups (broad SMARTS) is 1. The first kappa shape index (κ1) is 18.4. The Morgan fingerprint density at radius 1 is 1.27 bits per heavy atom. The second kappa shape index (κ2) is 7.45. The number of benzene rings is 1. The van der Waals surface area contributed by atoms with Crippen LogP contribution in [0.15, 0.2) is 18.2 Å². The van der Waals surface area contributed by atoms with Gasteiger partial charge in [0.05, 0.1) is 17.7 Å². The number of rotatable bonds is 5. The Morgan fingerprint density at radius 3 is 2.65 bits per heavy atom. The van der Waals surface area contributed by atoms with Gasteiger partial charge in [-0.3, -0.25) is 0 Å². The molecule has 2 aromatic rings. The highest BCUT2D eigenvalue weighted by atomic mass is 16.4. The number of aromatic carboxylic acids is 1. The van der Waals surface area contributed by atoms with Gasteiger partial charge in [0.15, 0.2) is 11.6 Å². The molecular formula is C19H25N3O4. The third-order valence-electron chi connectivity index (χ3n) is 4.70. The van der Waals surface area contributed by atoms with Crippen molar-refractivity contribution in [2.75, 3.05) is 0 Å². The number of hydrogen-bond acceptors (Lipinski definition) is 5. The van der Waals surface area contributed by atoms with Gasteiger partial charge in [-0.25, -0.2) is 14.5 Å². The van der Waals surface area contributed by atoms with E-state index in [-0.39, 0.29) is 17.4 Å². The van der Waals surface area contributed by atoms with Crippen LogP contribution in [0, 0.1) is 5.92 Å². The van der Waals surface area contributed by atoms with Crippen LogP contribution in [0.5, 0.6) is 5.75 Å². The van der Waals surface area contributed by atoms with E-state index in [0.717, 1.165) is 19.3 Å². The van der Waals surface area contributed by atoms with Gasteiger partial charge in [0, 0.05) is 12.0 Å². The van der Waals surface area contributed by atoms with Gasteiger partial charge in [-0.1, -0.05) is 26.7 Å². The van der Waals surface area contributed by atoms with Gasteiger partial charge in [-0.05, 0) is 37.0 Å². The molecule has 1 heterocycles. The third kappa shape index (κ3) is 3.88. The molecule has 0 radical (unpaired) electrons. The highest BCUT2D eigenvalue weighted by Gasteiger charge is 2.29. The lowest BCUT2D eigenvalue weighted by Crippen LogP contribution is -2.29. The maximum atomic E-state index is 11.3. The van der Waals surface area contributed by atoms with Crippen LogP contribution < -0.4 is 0 Å². The Morgan fingerprint density at radius 2 is 2.00 bits per heavy atom.